The van der Waals surface area contributed by atoms with E-state index in [0.717, 1.165) is 64.2 Å². The van der Waals surface area contributed by atoms with Gasteiger partial charge in [0.05, 0.1) is 18.4 Å². The summed E-state index contributed by atoms with van der Waals surface area (Å²) in [6.45, 7) is 7.28. The molecule has 0 heterocycles. The summed E-state index contributed by atoms with van der Waals surface area (Å²) in [4.78, 5) is 25.5. The second-order valence-electron chi connectivity index (χ2n) is 12.0. The molecule has 0 aromatic carbocycles. The summed E-state index contributed by atoms with van der Waals surface area (Å²) >= 11 is 0. The first-order chi connectivity index (χ1) is 18.6. The third-order valence-corrected chi connectivity index (χ3v) is 8.43. The number of carbonyl (C=O) groups excluding carboxylic acids is 2. The Kier molecular flexibility index (Phi) is 23.0. The lowest BCUT2D eigenvalue weighted by atomic mass is 9.82. The van der Waals surface area contributed by atoms with Crippen molar-refractivity contribution < 1.29 is 19.1 Å². The maximum Gasteiger partial charge on any atom is 0.309 e. The second-order valence-corrected chi connectivity index (χ2v) is 12.0. The summed E-state index contributed by atoms with van der Waals surface area (Å²) in [6, 6.07) is 0. The fraction of sp³-hybridized carbons (Fsp3) is 0.941. The first-order valence-electron chi connectivity index (χ1n) is 17.0. The van der Waals surface area contributed by atoms with Crippen LogP contribution in [0.15, 0.2) is 0 Å². The Bertz CT molecular complexity index is 553. The van der Waals surface area contributed by atoms with Gasteiger partial charge in [-0.3, -0.25) is 9.59 Å². The summed E-state index contributed by atoms with van der Waals surface area (Å²) in [5.74, 6) is -0.142. The molecule has 0 aromatic rings. The highest BCUT2D eigenvalue weighted by atomic mass is 16.5. The number of unbranched alkanes of at least 4 members (excludes halogenated alkanes) is 16. The number of hydrogen-bond acceptors (Lipinski definition) is 4. The number of ether oxygens (including phenoxy) is 2. The van der Waals surface area contributed by atoms with E-state index in [9.17, 15) is 9.59 Å². The molecule has 0 bridgehead atoms. The monoisotopic (exact) mass is 536 g/mol. The number of esters is 2. The number of carbonyl (C=O) groups is 2. The first-order valence-corrected chi connectivity index (χ1v) is 17.0. The molecule has 38 heavy (non-hydrogen) atoms. The van der Waals surface area contributed by atoms with Crippen LogP contribution in [-0.4, -0.2) is 24.6 Å². The minimum atomic E-state index is -0.0509. The molecule has 1 rings (SSSR count). The molecule has 4 heteroatoms. The largest absolute Gasteiger partial charge is 0.465 e. The fourth-order valence-corrected chi connectivity index (χ4v) is 5.74. The Balaban J connectivity index is 2.31. The predicted molar refractivity (Wildman–Crippen MR) is 160 cm³/mol. The fourth-order valence-electron chi connectivity index (χ4n) is 5.74. The van der Waals surface area contributed by atoms with Gasteiger partial charge in [0.15, 0.2) is 0 Å². The lowest BCUT2D eigenvalue weighted by Gasteiger charge is -2.28. The molecule has 0 radical (unpaired) electrons. The van der Waals surface area contributed by atoms with Gasteiger partial charge in [0, 0.05) is 0 Å². The van der Waals surface area contributed by atoms with Crippen molar-refractivity contribution in [2.45, 2.75) is 187 Å². The highest BCUT2D eigenvalue weighted by Crippen LogP contribution is 2.31. The van der Waals surface area contributed by atoms with E-state index in [4.69, 9.17) is 9.47 Å². The Morgan fingerprint density at radius 3 is 1.34 bits per heavy atom. The zero-order valence-electron chi connectivity index (χ0n) is 25.7. The molecule has 1 unspecified atom stereocenters. The third kappa shape index (κ3) is 18.3. The van der Waals surface area contributed by atoms with Crippen molar-refractivity contribution in [3.05, 3.63) is 0 Å². The highest BCUT2D eigenvalue weighted by molar-refractivity contribution is 5.75. The van der Waals surface area contributed by atoms with Gasteiger partial charge in [0.2, 0.25) is 0 Å². The maximum atomic E-state index is 13.0. The molecule has 1 fully saturated rings. The van der Waals surface area contributed by atoms with Crippen LogP contribution in [0.4, 0.5) is 0 Å². The summed E-state index contributed by atoms with van der Waals surface area (Å²) in [6.07, 6.45) is 29.0. The van der Waals surface area contributed by atoms with Crippen LogP contribution < -0.4 is 0 Å². The van der Waals surface area contributed by atoms with Gasteiger partial charge in [0.25, 0.3) is 0 Å². The van der Waals surface area contributed by atoms with E-state index in [1.807, 2.05) is 0 Å². The minimum Gasteiger partial charge on any atom is -0.465 e. The van der Waals surface area contributed by atoms with E-state index in [0.29, 0.717) is 6.61 Å². The molecule has 0 aliphatic heterocycles. The molecule has 0 amide bonds. The quantitative estimate of drug-likeness (QED) is 0.0860. The van der Waals surface area contributed by atoms with Gasteiger partial charge in [0.1, 0.15) is 6.10 Å². The molecule has 1 aliphatic rings. The molecule has 0 aromatic heterocycles. The zero-order chi connectivity index (χ0) is 27.7. The van der Waals surface area contributed by atoms with Crippen molar-refractivity contribution >= 4 is 11.9 Å². The van der Waals surface area contributed by atoms with Gasteiger partial charge in [-0.25, -0.2) is 0 Å². The van der Waals surface area contributed by atoms with E-state index < -0.39 is 0 Å². The predicted octanol–water partition coefficient (Wildman–Crippen LogP) is 10.5. The van der Waals surface area contributed by atoms with E-state index in [1.54, 1.807) is 0 Å². The van der Waals surface area contributed by atoms with Gasteiger partial charge in [-0.2, -0.15) is 0 Å². The van der Waals surface area contributed by atoms with Gasteiger partial charge in [-0.05, 0) is 57.8 Å². The molecule has 0 spiro atoms. The molecular weight excluding hydrogens is 472 g/mol. The highest BCUT2D eigenvalue weighted by Gasteiger charge is 2.32. The van der Waals surface area contributed by atoms with Crippen LogP contribution in [0.25, 0.3) is 0 Å². The number of rotatable bonds is 25. The van der Waals surface area contributed by atoms with Gasteiger partial charge in [-0.15, -0.1) is 0 Å². The smallest absolute Gasteiger partial charge is 0.309 e. The first kappa shape index (κ1) is 35.0. The Hall–Kier alpha value is -1.06. The van der Waals surface area contributed by atoms with Crippen molar-refractivity contribution in [3.63, 3.8) is 0 Å². The minimum absolute atomic E-state index is 0.0120. The summed E-state index contributed by atoms with van der Waals surface area (Å²) < 4.78 is 11.7. The topological polar surface area (TPSA) is 52.6 Å². The average Bonchev–Trinajstić information content (AvgIpc) is 2.93. The van der Waals surface area contributed by atoms with Crippen LogP contribution >= 0.6 is 0 Å². The van der Waals surface area contributed by atoms with Crippen molar-refractivity contribution in [2.24, 2.45) is 11.8 Å². The second kappa shape index (κ2) is 24.9. The molecule has 224 valence electrons. The van der Waals surface area contributed by atoms with Crippen LogP contribution in [0.1, 0.15) is 181 Å². The van der Waals surface area contributed by atoms with Crippen molar-refractivity contribution in [1.29, 1.82) is 0 Å². The molecule has 4 nitrogen and oxygen atoms in total. The van der Waals surface area contributed by atoms with Crippen LogP contribution in [0.2, 0.25) is 0 Å². The average molecular weight is 537 g/mol. The Morgan fingerprint density at radius 2 is 0.895 bits per heavy atom. The Morgan fingerprint density at radius 1 is 0.526 bits per heavy atom. The van der Waals surface area contributed by atoms with E-state index >= 15 is 0 Å². The standard InChI is InChI=1S/C34H64O4/c1-4-7-10-13-15-16-18-21-24-32(23-20-17-12-9-6-3)38-34(36)31-27-25-30(26-28-31)33(35)37-29-22-19-14-11-8-5-2/h30-32H,4-29H2,1-3H3. The molecule has 1 atom stereocenters. The molecule has 1 aliphatic carbocycles. The van der Waals surface area contributed by atoms with Crippen molar-refractivity contribution in [2.75, 3.05) is 6.61 Å². The van der Waals surface area contributed by atoms with E-state index in [1.165, 1.54) is 96.3 Å². The third-order valence-electron chi connectivity index (χ3n) is 8.43. The molecule has 1 saturated carbocycles. The molecule has 0 N–H and O–H groups in total. The van der Waals surface area contributed by atoms with Gasteiger partial charge in [-0.1, -0.05) is 124 Å². The van der Waals surface area contributed by atoms with Gasteiger partial charge < -0.3 is 9.47 Å². The van der Waals surface area contributed by atoms with Crippen molar-refractivity contribution in [1.82, 2.24) is 0 Å². The van der Waals surface area contributed by atoms with Gasteiger partial charge >= 0.3 is 11.9 Å². The number of hydrogen-bond donors (Lipinski definition) is 0. The maximum absolute atomic E-state index is 13.0. The normalized spacial score (nSPS) is 18.3. The summed E-state index contributed by atoms with van der Waals surface area (Å²) in [7, 11) is 0. The van der Waals surface area contributed by atoms with Crippen LogP contribution in [-0.2, 0) is 19.1 Å². The zero-order valence-corrected chi connectivity index (χ0v) is 25.7. The van der Waals surface area contributed by atoms with Crippen molar-refractivity contribution in [3.8, 4) is 0 Å². The van der Waals surface area contributed by atoms with Crippen LogP contribution in [0.3, 0.4) is 0 Å². The molecular formula is C34H64O4. The summed E-state index contributed by atoms with van der Waals surface area (Å²) in [5, 5.41) is 0. The van der Waals surface area contributed by atoms with E-state index in [2.05, 4.69) is 20.8 Å². The van der Waals surface area contributed by atoms with Crippen LogP contribution in [0.5, 0.6) is 0 Å². The van der Waals surface area contributed by atoms with E-state index in [-0.39, 0.29) is 29.9 Å². The van der Waals surface area contributed by atoms with Crippen LogP contribution in [0, 0.1) is 11.8 Å². The molecule has 0 saturated heterocycles. The lowest BCUT2D eigenvalue weighted by molar-refractivity contribution is -0.159. The lowest BCUT2D eigenvalue weighted by Crippen LogP contribution is -2.30. The Labute approximate surface area is 236 Å². The SMILES string of the molecule is CCCCCCCCCCC(CCCCCCC)OC(=O)C1CCC(C(=O)OCCCCCCCC)CC1. The summed E-state index contributed by atoms with van der Waals surface area (Å²) in [5.41, 5.74) is 0.